The summed E-state index contributed by atoms with van der Waals surface area (Å²) in [7, 11) is 0. The number of aliphatic hydroxyl groups is 1. The van der Waals surface area contributed by atoms with Crippen LogP contribution in [0, 0.1) is 16.7 Å². The highest BCUT2D eigenvalue weighted by Crippen LogP contribution is 2.41. The molecule has 1 fully saturated rings. The largest absolute Gasteiger partial charge is 0.396 e. The highest BCUT2D eigenvalue weighted by Gasteiger charge is 2.31. The van der Waals surface area contributed by atoms with Gasteiger partial charge in [-0.15, -0.1) is 0 Å². The SMILES string of the molecule is CCC(CCN1CC(=O)NC1=O)CC(CC)(CC)CCCCOCCCCC(CC)(CC)CCCCCO. The van der Waals surface area contributed by atoms with E-state index in [0.717, 1.165) is 51.7 Å². The van der Waals surface area contributed by atoms with Crippen LogP contribution < -0.4 is 5.32 Å². The van der Waals surface area contributed by atoms with E-state index >= 15 is 0 Å². The quantitative estimate of drug-likeness (QED) is 0.0915. The van der Waals surface area contributed by atoms with E-state index < -0.39 is 0 Å². The molecular formula is C32H62N2O4. The number of imide groups is 1. The standard InChI is InChI=1S/C32H62N2O4/c1-6-28(18-22-34-27-29(36)33-30(34)37)26-32(9-4,10-5)21-14-17-25-38-24-16-13-20-31(7-2,8-3)19-12-11-15-23-35/h28,35H,6-27H2,1-5H3,(H,33,36,37). The molecule has 0 radical (unpaired) electrons. The number of hydrogen-bond acceptors (Lipinski definition) is 4. The minimum atomic E-state index is -0.230. The average molecular weight is 539 g/mol. The molecule has 3 amide bonds. The van der Waals surface area contributed by atoms with Gasteiger partial charge in [0.2, 0.25) is 5.91 Å². The molecule has 6 heteroatoms. The van der Waals surface area contributed by atoms with Crippen molar-refractivity contribution in [3.8, 4) is 0 Å². The van der Waals surface area contributed by atoms with E-state index in [0.29, 0.717) is 29.9 Å². The van der Waals surface area contributed by atoms with Crippen LogP contribution in [0.2, 0.25) is 0 Å². The van der Waals surface area contributed by atoms with Crippen molar-refractivity contribution in [2.75, 3.05) is 32.9 Å². The van der Waals surface area contributed by atoms with Crippen LogP contribution in [0.4, 0.5) is 4.79 Å². The predicted octanol–water partition coefficient (Wildman–Crippen LogP) is 7.87. The third-order valence-electron chi connectivity index (χ3n) is 9.83. The van der Waals surface area contributed by atoms with Gasteiger partial charge in [0.25, 0.3) is 0 Å². The van der Waals surface area contributed by atoms with Gasteiger partial charge in [-0.3, -0.25) is 10.1 Å². The molecule has 1 rings (SSSR count). The van der Waals surface area contributed by atoms with Crippen LogP contribution in [0.15, 0.2) is 0 Å². The molecule has 0 saturated carbocycles. The monoisotopic (exact) mass is 538 g/mol. The first-order valence-corrected chi connectivity index (χ1v) is 16.1. The first-order chi connectivity index (χ1) is 18.3. The van der Waals surface area contributed by atoms with Crippen molar-refractivity contribution in [2.24, 2.45) is 16.7 Å². The van der Waals surface area contributed by atoms with Gasteiger partial charge >= 0.3 is 6.03 Å². The lowest BCUT2D eigenvalue weighted by molar-refractivity contribution is -0.118. The minimum Gasteiger partial charge on any atom is -0.396 e. The van der Waals surface area contributed by atoms with Crippen molar-refractivity contribution in [3.05, 3.63) is 0 Å². The lowest BCUT2D eigenvalue weighted by Crippen LogP contribution is -2.31. The Bertz CT molecular complexity index is 631. The van der Waals surface area contributed by atoms with Crippen molar-refractivity contribution in [1.29, 1.82) is 0 Å². The fourth-order valence-corrected chi connectivity index (χ4v) is 6.44. The van der Waals surface area contributed by atoms with Gasteiger partial charge in [0, 0.05) is 26.4 Å². The number of urea groups is 1. The molecule has 0 aromatic carbocycles. The number of carbonyl (C=O) groups is 2. The molecule has 0 spiro atoms. The summed E-state index contributed by atoms with van der Waals surface area (Å²) in [6, 6.07) is -0.230. The Balaban J connectivity index is 2.28. The first-order valence-electron chi connectivity index (χ1n) is 16.1. The number of hydrogen-bond donors (Lipinski definition) is 2. The van der Waals surface area contributed by atoms with Gasteiger partial charge in [-0.1, -0.05) is 92.4 Å². The second-order valence-electron chi connectivity index (χ2n) is 12.0. The number of nitrogens with zero attached hydrogens (tertiary/aromatic N) is 1. The Morgan fingerprint density at radius 3 is 1.84 bits per heavy atom. The van der Waals surface area contributed by atoms with Crippen LogP contribution in [-0.4, -0.2) is 54.9 Å². The Morgan fingerprint density at radius 1 is 0.816 bits per heavy atom. The summed E-state index contributed by atoms with van der Waals surface area (Å²) in [5, 5.41) is 11.4. The molecule has 1 saturated heterocycles. The second-order valence-corrected chi connectivity index (χ2v) is 12.0. The van der Waals surface area contributed by atoms with Crippen molar-refractivity contribution < 1.29 is 19.4 Å². The van der Waals surface area contributed by atoms with Crippen LogP contribution in [0.3, 0.4) is 0 Å². The minimum absolute atomic E-state index is 0.179. The number of unbranched alkanes of at least 4 members (excludes halogenated alkanes) is 4. The van der Waals surface area contributed by atoms with Crippen LogP contribution in [0.5, 0.6) is 0 Å². The van der Waals surface area contributed by atoms with E-state index in [1.54, 1.807) is 4.90 Å². The van der Waals surface area contributed by atoms with E-state index in [-0.39, 0.29) is 18.5 Å². The summed E-state index contributed by atoms with van der Waals surface area (Å²) in [4.78, 5) is 25.0. The Morgan fingerprint density at radius 2 is 1.37 bits per heavy atom. The van der Waals surface area contributed by atoms with Crippen molar-refractivity contribution in [3.63, 3.8) is 0 Å². The third-order valence-corrected chi connectivity index (χ3v) is 9.83. The summed E-state index contributed by atoms with van der Waals surface area (Å²) < 4.78 is 6.03. The van der Waals surface area contributed by atoms with E-state index in [9.17, 15) is 9.59 Å². The molecule has 0 bridgehead atoms. The maximum atomic E-state index is 11.9. The van der Waals surface area contributed by atoms with Gasteiger partial charge in [0.15, 0.2) is 0 Å². The summed E-state index contributed by atoms with van der Waals surface area (Å²) in [5.74, 6) is 0.407. The number of ether oxygens (including phenoxy) is 1. The number of nitrogens with one attached hydrogen (secondary N) is 1. The summed E-state index contributed by atoms with van der Waals surface area (Å²) in [5.41, 5.74) is 0.846. The van der Waals surface area contributed by atoms with Gasteiger partial charge in [-0.25, -0.2) is 4.79 Å². The van der Waals surface area contributed by atoms with Crippen molar-refractivity contribution >= 4 is 11.9 Å². The molecule has 1 unspecified atom stereocenters. The molecule has 1 atom stereocenters. The van der Waals surface area contributed by atoms with Crippen LogP contribution in [0.25, 0.3) is 0 Å². The second kappa shape index (κ2) is 19.8. The molecule has 0 aromatic heterocycles. The van der Waals surface area contributed by atoms with Gasteiger partial charge in [0.05, 0.1) is 0 Å². The van der Waals surface area contributed by atoms with Crippen LogP contribution in [-0.2, 0) is 9.53 Å². The Kier molecular flexibility index (Phi) is 18.2. The normalized spacial score (nSPS) is 15.4. The topological polar surface area (TPSA) is 78.9 Å². The van der Waals surface area contributed by atoms with Gasteiger partial charge in [-0.2, -0.15) is 0 Å². The lowest BCUT2D eigenvalue weighted by atomic mass is 9.70. The molecule has 1 aliphatic heterocycles. The van der Waals surface area contributed by atoms with E-state index in [1.807, 2.05) is 0 Å². The fraction of sp³-hybridized carbons (Fsp3) is 0.938. The zero-order valence-electron chi connectivity index (χ0n) is 25.8. The van der Waals surface area contributed by atoms with Gasteiger partial charge in [0.1, 0.15) is 6.54 Å². The molecular weight excluding hydrogens is 476 g/mol. The molecule has 1 aliphatic rings. The highest BCUT2D eigenvalue weighted by atomic mass is 16.5. The molecule has 224 valence electrons. The maximum Gasteiger partial charge on any atom is 0.324 e. The number of carbonyl (C=O) groups excluding carboxylic acids is 2. The van der Waals surface area contributed by atoms with Crippen LogP contribution >= 0.6 is 0 Å². The zero-order valence-corrected chi connectivity index (χ0v) is 25.8. The summed E-state index contributed by atoms with van der Waals surface area (Å²) in [6.07, 6.45) is 20.1. The molecule has 2 N–H and O–H groups in total. The van der Waals surface area contributed by atoms with Gasteiger partial charge < -0.3 is 14.7 Å². The predicted molar refractivity (Wildman–Crippen MR) is 158 cm³/mol. The summed E-state index contributed by atoms with van der Waals surface area (Å²) in [6.45, 7) is 14.6. The first kappa shape index (κ1) is 34.9. The third kappa shape index (κ3) is 12.8. The average Bonchev–Trinajstić information content (AvgIpc) is 3.26. The molecule has 0 aliphatic carbocycles. The smallest absolute Gasteiger partial charge is 0.324 e. The van der Waals surface area contributed by atoms with E-state index in [2.05, 4.69) is 39.9 Å². The van der Waals surface area contributed by atoms with Crippen molar-refractivity contribution in [2.45, 2.75) is 144 Å². The lowest BCUT2D eigenvalue weighted by Gasteiger charge is -2.36. The molecule has 6 nitrogen and oxygen atoms in total. The maximum absolute atomic E-state index is 11.9. The summed E-state index contributed by atoms with van der Waals surface area (Å²) >= 11 is 0. The fourth-order valence-electron chi connectivity index (χ4n) is 6.44. The van der Waals surface area contributed by atoms with E-state index in [1.165, 1.54) is 70.6 Å². The van der Waals surface area contributed by atoms with Gasteiger partial charge in [-0.05, 0) is 68.1 Å². The number of aliphatic hydroxyl groups excluding tert-OH is 1. The van der Waals surface area contributed by atoms with Crippen molar-refractivity contribution in [1.82, 2.24) is 10.2 Å². The number of rotatable bonds is 25. The molecule has 1 heterocycles. The number of amides is 3. The molecule has 38 heavy (non-hydrogen) atoms. The Hall–Kier alpha value is -1.14. The van der Waals surface area contributed by atoms with E-state index in [4.69, 9.17) is 9.84 Å². The molecule has 0 aromatic rings. The Labute approximate surface area is 235 Å². The van der Waals surface area contributed by atoms with Crippen LogP contribution in [0.1, 0.15) is 144 Å². The highest BCUT2D eigenvalue weighted by molar-refractivity contribution is 6.01. The zero-order chi connectivity index (χ0) is 28.3.